The van der Waals surface area contributed by atoms with Crippen LogP contribution in [0.5, 0.6) is 11.8 Å². The van der Waals surface area contributed by atoms with E-state index in [2.05, 4.69) is 15.0 Å². The van der Waals surface area contributed by atoms with Crippen molar-refractivity contribution in [2.24, 2.45) is 14.1 Å². The first-order chi connectivity index (χ1) is 14.9. The molecule has 1 unspecified atom stereocenters. The lowest BCUT2D eigenvalue weighted by Crippen LogP contribution is -2.45. The summed E-state index contributed by atoms with van der Waals surface area (Å²) in [6.07, 6.45) is 5.72. The van der Waals surface area contributed by atoms with Crippen molar-refractivity contribution in [2.45, 2.75) is 25.5 Å². The Balaban J connectivity index is 1.50. The molecule has 3 aromatic heterocycles. The number of carbonyl (C=O) groups is 1. The van der Waals surface area contributed by atoms with E-state index in [0.717, 1.165) is 17.4 Å². The van der Waals surface area contributed by atoms with E-state index < -0.39 is 11.2 Å². The van der Waals surface area contributed by atoms with Crippen molar-refractivity contribution >= 4 is 17.1 Å². The normalized spacial score (nSPS) is 16.5. The third-order valence-corrected chi connectivity index (χ3v) is 5.34. The minimum absolute atomic E-state index is 0.0599. The fourth-order valence-corrected chi connectivity index (χ4v) is 3.68. The van der Waals surface area contributed by atoms with E-state index in [0.29, 0.717) is 24.8 Å². The monoisotopic (exact) mass is 429 g/mol. The number of hydrogen-bond acceptors (Lipinski definition) is 8. The number of methoxy groups -OCH3 is 1. The molecule has 4 heterocycles. The quantitative estimate of drug-likeness (QED) is 0.521. The van der Waals surface area contributed by atoms with Crippen LogP contribution in [0.25, 0.3) is 11.2 Å². The first-order valence-electron chi connectivity index (χ1n) is 9.80. The Labute approximate surface area is 176 Å². The highest BCUT2D eigenvalue weighted by atomic mass is 16.5. The summed E-state index contributed by atoms with van der Waals surface area (Å²) >= 11 is 0. The molecule has 0 saturated carbocycles. The molecule has 0 aliphatic carbocycles. The van der Waals surface area contributed by atoms with Gasteiger partial charge >= 0.3 is 5.69 Å². The van der Waals surface area contributed by atoms with E-state index in [1.54, 1.807) is 4.90 Å². The minimum Gasteiger partial charge on any atom is -0.480 e. The lowest BCUT2D eigenvalue weighted by atomic mass is 10.1. The van der Waals surface area contributed by atoms with Gasteiger partial charge in [0.15, 0.2) is 11.2 Å². The molecule has 1 saturated heterocycles. The number of aryl methyl sites for hydroxylation is 1. The second-order valence-corrected chi connectivity index (χ2v) is 7.37. The van der Waals surface area contributed by atoms with Crippen LogP contribution < -0.4 is 20.7 Å². The molecule has 4 rings (SSSR count). The van der Waals surface area contributed by atoms with Gasteiger partial charge < -0.3 is 18.9 Å². The highest BCUT2D eigenvalue weighted by Crippen LogP contribution is 2.18. The molecule has 0 aromatic carbocycles. The molecule has 0 spiro atoms. The number of piperidine rings is 1. The van der Waals surface area contributed by atoms with Crippen molar-refractivity contribution in [1.82, 2.24) is 33.6 Å². The first-order valence-corrected chi connectivity index (χ1v) is 9.80. The van der Waals surface area contributed by atoms with Gasteiger partial charge in [0.2, 0.25) is 17.7 Å². The molecule has 164 valence electrons. The average Bonchev–Trinajstić information content (AvgIpc) is 3.20. The Kier molecular flexibility index (Phi) is 5.44. The van der Waals surface area contributed by atoms with Gasteiger partial charge in [0.1, 0.15) is 12.6 Å². The maximum Gasteiger partial charge on any atom is 0.332 e. The number of carbonyl (C=O) groups excluding carboxylic acids is 1. The average molecular weight is 429 g/mol. The van der Waals surface area contributed by atoms with Gasteiger partial charge in [-0.3, -0.25) is 23.7 Å². The third-order valence-electron chi connectivity index (χ3n) is 5.34. The molecular weight excluding hydrogens is 406 g/mol. The molecule has 3 aromatic rings. The molecule has 12 heteroatoms. The summed E-state index contributed by atoms with van der Waals surface area (Å²) < 4.78 is 14.7. The Bertz CT molecular complexity index is 1240. The number of hydrogen-bond donors (Lipinski definition) is 0. The highest BCUT2D eigenvalue weighted by molar-refractivity contribution is 5.79. The second-order valence-electron chi connectivity index (χ2n) is 7.37. The summed E-state index contributed by atoms with van der Waals surface area (Å²) in [4.78, 5) is 51.7. The van der Waals surface area contributed by atoms with Gasteiger partial charge in [0, 0.05) is 20.6 Å². The molecule has 1 amide bonds. The first kappa shape index (κ1) is 20.6. The fourth-order valence-electron chi connectivity index (χ4n) is 3.68. The fraction of sp³-hybridized carbons (Fsp3) is 0.474. The number of amides is 1. The van der Waals surface area contributed by atoms with Crippen LogP contribution in [-0.4, -0.2) is 65.8 Å². The van der Waals surface area contributed by atoms with Crippen molar-refractivity contribution in [3.8, 4) is 11.8 Å². The van der Waals surface area contributed by atoms with Crippen molar-refractivity contribution < 1.29 is 14.3 Å². The van der Waals surface area contributed by atoms with E-state index in [4.69, 9.17) is 9.47 Å². The zero-order valence-corrected chi connectivity index (χ0v) is 17.5. The van der Waals surface area contributed by atoms with Gasteiger partial charge in [-0.05, 0) is 12.8 Å². The molecule has 31 heavy (non-hydrogen) atoms. The zero-order valence-electron chi connectivity index (χ0n) is 17.5. The molecule has 1 aliphatic heterocycles. The lowest BCUT2D eigenvalue weighted by molar-refractivity contribution is -0.134. The van der Waals surface area contributed by atoms with Crippen LogP contribution in [0.2, 0.25) is 0 Å². The highest BCUT2D eigenvalue weighted by Gasteiger charge is 2.26. The summed E-state index contributed by atoms with van der Waals surface area (Å²) in [6, 6.07) is 0. The number of ether oxygens (including phenoxy) is 2. The topological polar surface area (TPSA) is 126 Å². The predicted molar refractivity (Wildman–Crippen MR) is 109 cm³/mol. The smallest absolute Gasteiger partial charge is 0.332 e. The number of nitrogens with zero attached hydrogens (tertiary/aromatic N) is 7. The third kappa shape index (κ3) is 3.88. The number of rotatable bonds is 5. The van der Waals surface area contributed by atoms with Crippen LogP contribution in [0.4, 0.5) is 0 Å². The Morgan fingerprint density at radius 2 is 1.97 bits per heavy atom. The number of imidazole rings is 1. The van der Waals surface area contributed by atoms with Crippen LogP contribution in [0.3, 0.4) is 0 Å². The van der Waals surface area contributed by atoms with Crippen molar-refractivity contribution in [1.29, 1.82) is 0 Å². The van der Waals surface area contributed by atoms with Gasteiger partial charge in [-0.2, -0.15) is 4.98 Å². The summed E-state index contributed by atoms with van der Waals surface area (Å²) in [5.41, 5.74) is -0.489. The number of likely N-dealkylation sites (tertiary alicyclic amines) is 1. The number of fused-ring (bicyclic) bond motifs is 1. The van der Waals surface area contributed by atoms with Crippen molar-refractivity contribution in [3.63, 3.8) is 0 Å². The lowest BCUT2D eigenvalue weighted by Gasteiger charge is -2.32. The Hall–Kier alpha value is -3.70. The SMILES string of the molecule is COc1cncc(OC2CCCN(C(=O)Cn3cnc4c3c(=O)n(C)c(=O)n4C)C2)n1. The zero-order chi connectivity index (χ0) is 22.1. The van der Waals surface area contributed by atoms with Gasteiger partial charge in [0.05, 0.1) is 32.4 Å². The molecule has 1 fully saturated rings. The van der Waals surface area contributed by atoms with Crippen LogP contribution in [0, 0.1) is 0 Å². The predicted octanol–water partition coefficient (Wildman–Crippen LogP) is -0.698. The maximum absolute atomic E-state index is 13.0. The molecular formula is C19H23N7O5. The molecule has 0 bridgehead atoms. The van der Waals surface area contributed by atoms with Crippen LogP contribution >= 0.6 is 0 Å². The van der Waals surface area contributed by atoms with E-state index in [1.807, 2.05) is 0 Å². The summed E-state index contributed by atoms with van der Waals surface area (Å²) in [6.45, 7) is 0.919. The van der Waals surface area contributed by atoms with Gasteiger partial charge in [-0.15, -0.1) is 0 Å². The van der Waals surface area contributed by atoms with Crippen LogP contribution in [0.1, 0.15) is 12.8 Å². The molecule has 0 radical (unpaired) electrons. The van der Waals surface area contributed by atoms with Crippen molar-refractivity contribution in [3.05, 3.63) is 39.6 Å². The second kappa shape index (κ2) is 8.20. The molecule has 1 atom stereocenters. The van der Waals surface area contributed by atoms with E-state index in [1.165, 1.54) is 49.1 Å². The largest absolute Gasteiger partial charge is 0.480 e. The van der Waals surface area contributed by atoms with E-state index in [-0.39, 0.29) is 29.7 Å². The van der Waals surface area contributed by atoms with Gasteiger partial charge in [-0.25, -0.2) is 9.78 Å². The summed E-state index contributed by atoms with van der Waals surface area (Å²) in [5.74, 6) is 0.521. The van der Waals surface area contributed by atoms with Crippen LogP contribution in [0.15, 0.2) is 28.3 Å². The summed E-state index contributed by atoms with van der Waals surface area (Å²) in [7, 11) is 4.44. The minimum atomic E-state index is -0.486. The Morgan fingerprint density at radius 3 is 2.74 bits per heavy atom. The standard InChI is InChI=1S/C19H23N7O5/c1-23-17-16(18(28)24(2)19(23)29)26(11-21-17)10-15(27)25-6-4-5-12(9-25)31-14-8-20-7-13(22-14)30-3/h7-8,11-12H,4-6,9-10H2,1-3H3. The van der Waals surface area contributed by atoms with Gasteiger partial charge in [0.25, 0.3) is 5.56 Å². The van der Waals surface area contributed by atoms with Gasteiger partial charge in [-0.1, -0.05) is 0 Å². The molecule has 12 nitrogen and oxygen atoms in total. The Morgan fingerprint density at radius 1 is 1.19 bits per heavy atom. The summed E-state index contributed by atoms with van der Waals surface area (Å²) in [5, 5.41) is 0. The number of aromatic nitrogens is 6. The molecule has 0 N–H and O–H groups in total. The van der Waals surface area contributed by atoms with E-state index in [9.17, 15) is 14.4 Å². The maximum atomic E-state index is 13.0. The molecule has 1 aliphatic rings. The van der Waals surface area contributed by atoms with Crippen LogP contribution in [-0.2, 0) is 25.4 Å². The van der Waals surface area contributed by atoms with Crippen molar-refractivity contribution in [2.75, 3.05) is 20.2 Å². The van der Waals surface area contributed by atoms with E-state index >= 15 is 0 Å².